The molecule has 104 valence electrons. The molecule has 1 heteroatoms. The van der Waals surface area contributed by atoms with Gasteiger partial charge in [-0.3, -0.25) is 0 Å². The molecule has 0 radical (unpaired) electrons. The van der Waals surface area contributed by atoms with E-state index < -0.39 is 0 Å². The van der Waals surface area contributed by atoms with Gasteiger partial charge in [-0.2, -0.15) is 0 Å². The van der Waals surface area contributed by atoms with E-state index in [4.69, 9.17) is 0 Å². The lowest BCUT2D eigenvalue weighted by Crippen LogP contribution is -2.53. The predicted octanol–water partition coefficient (Wildman–Crippen LogP) is 5.40. The molecular formula is C18H27N. The summed E-state index contributed by atoms with van der Waals surface area (Å²) >= 11 is 0. The highest BCUT2D eigenvalue weighted by molar-refractivity contribution is 5.47. The van der Waals surface area contributed by atoms with Crippen molar-refractivity contribution in [3.8, 4) is 0 Å². The molecule has 1 N–H and O–H groups in total. The van der Waals surface area contributed by atoms with Gasteiger partial charge in [0.1, 0.15) is 0 Å². The van der Waals surface area contributed by atoms with Crippen molar-refractivity contribution >= 4 is 5.69 Å². The lowest BCUT2D eigenvalue weighted by molar-refractivity contribution is 0.172. The Balaban J connectivity index is 2.32. The Morgan fingerprint density at radius 3 is 2.21 bits per heavy atom. The molecule has 19 heavy (non-hydrogen) atoms. The van der Waals surface area contributed by atoms with Crippen LogP contribution in [0.25, 0.3) is 0 Å². The lowest BCUT2D eigenvalue weighted by Gasteiger charge is -2.51. The van der Waals surface area contributed by atoms with Crippen LogP contribution in [0.15, 0.2) is 42.5 Å². The van der Waals surface area contributed by atoms with E-state index in [1.807, 2.05) is 0 Å². The molecule has 0 bridgehead atoms. The van der Waals surface area contributed by atoms with E-state index in [2.05, 4.69) is 63.0 Å². The molecule has 1 nitrogen and oxygen atoms in total. The lowest BCUT2D eigenvalue weighted by atomic mass is 9.61. The minimum absolute atomic E-state index is 0.114. The number of hydrogen-bond acceptors (Lipinski definition) is 1. The molecule has 0 saturated heterocycles. The molecule has 1 aliphatic rings. The van der Waals surface area contributed by atoms with Gasteiger partial charge in [-0.15, -0.1) is 0 Å². The maximum Gasteiger partial charge on any atom is 0.0461 e. The van der Waals surface area contributed by atoms with Crippen LogP contribution in [0.2, 0.25) is 0 Å². The Hall–Kier alpha value is -1.24. The van der Waals surface area contributed by atoms with Gasteiger partial charge in [0, 0.05) is 16.6 Å². The molecule has 0 heterocycles. The van der Waals surface area contributed by atoms with Crippen molar-refractivity contribution in [2.45, 2.75) is 58.4 Å². The van der Waals surface area contributed by atoms with Gasteiger partial charge in [0.2, 0.25) is 0 Å². The second-order valence-corrected chi connectivity index (χ2v) is 6.54. The number of rotatable bonds is 4. The highest BCUT2D eigenvalue weighted by Crippen LogP contribution is 2.47. The molecule has 1 saturated carbocycles. The Bertz CT molecular complexity index is 424. The molecule has 0 amide bonds. The number of benzene rings is 1. The topological polar surface area (TPSA) is 12.0 Å². The molecular weight excluding hydrogens is 230 g/mol. The first kappa shape index (κ1) is 14.2. The van der Waals surface area contributed by atoms with E-state index in [9.17, 15) is 0 Å². The first-order valence-corrected chi connectivity index (χ1v) is 7.47. The monoisotopic (exact) mass is 257 g/mol. The fourth-order valence-corrected chi connectivity index (χ4v) is 3.27. The molecule has 0 aromatic heterocycles. The van der Waals surface area contributed by atoms with E-state index in [1.165, 1.54) is 43.4 Å². The van der Waals surface area contributed by atoms with Crippen LogP contribution in [0.1, 0.15) is 52.9 Å². The molecule has 1 fully saturated rings. The van der Waals surface area contributed by atoms with Gasteiger partial charge in [0.15, 0.2) is 0 Å². The van der Waals surface area contributed by atoms with E-state index in [1.54, 1.807) is 0 Å². The molecule has 1 aliphatic carbocycles. The van der Waals surface area contributed by atoms with Crippen LogP contribution in [-0.2, 0) is 0 Å². The van der Waals surface area contributed by atoms with E-state index in [-0.39, 0.29) is 11.0 Å². The van der Waals surface area contributed by atoms with Crippen molar-refractivity contribution < 1.29 is 0 Å². The second-order valence-electron chi connectivity index (χ2n) is 6.54. The summed E-state index contributed by atoms with van der Waals surface area (Å²) < 4.78 is 0. The van der Waals surface area contributed by atoms with Gasteiger partial charge in [-0.25, -0.2) is 0 Å². The number of hydrogen-bond donors (Lipinski definition) is 1. The van der Waals surface area contributed by atoms with Crippen molar-refractivity contribution in [1.82, 2.24) is 0 Å². The summed E-state index contributed by atoms with van der Waals surface area (Å²) in [6.45, 7) is 11.1. The molecule has 1 aromatic rings. The number of anilines is 1. The molecule has 1 aromatic carbocycles. The Morgan fingerprint density at radius 1 is 1.11 bits per heavy atom. The number of nitrogens with one attached hydrogen (secondary N) is 1. The normalized spacial score (nSPS) is 18.9. The third kappa shape index (κ3) is 2.70. The summed E-state index contributed by atoms with van der Waals surface area (Å²) in [5, 5.41) is 3.86. The number of para-hydroxylation sites is 1. The van der Waals surface area contributed by atoms with Crippen molar-refractivity contribution in [1.29, 1.82) is 0 Å². The summed E-state index contributed by atoms with van der Waals surface area (Å²) in [7, 11) is 0. The van der Waals surface area contributed by atoms with Crippen molar-refractivity contribution in [2.24, 2.45) is 5.41 Å². The molecule has 0 aliphatic heterocycles. The smallest absolute Gasteiger partial charge is 0.0461 e. The first-order chi connectivity index (χ1) is 8.98. The van der Waals surface area contributed by atoms with Crippen molar-refractivity contribution in [3.63, 3.8) is 0 Å². The maximum atomic E-state index is 4.25. The largest absolute Gasteiger partial charge is 0.379 e. The highest BCUT2D eigenvalue weighted by Gasteiger charge is 2.45. The van der Waals surface area contributed by atoms with Gasteiger partial charge in [0.05, 0.1) is 0 Å². The molecule has 0 atom stereocenters. The van der Waals surface area contributed by atoms with Crippen LogP contribution in [0.5, 0.6) is 0 Å². The quantitative estimate of drug-likeness (QED) is 0.712. The van der Waals surface area contributed by atoms with Crippen molar-refractivity contribution in [3.05, 3.63) is 42.5 Å². The maximum absolute atomic E-state index is 4.25. The van der Waals surface area contributed by atoms with E-state index >= 15 is 0 Å². The minimum Gasteiger partial charge on any atom is -0.379 e. The van der Waals surface area contributed by atoms with Crippen LogP contribution in [0.3, 0.4) is 0 Å². The first-order valence-electron chi connectivity index (χ1n) is 7.47. The minimum atomic E-state index is 0.114. The average molecular weight is 257 g/mol. The van der Waals surface area contributed by atoms with Crippen LogP contribution in [0.4, 0.5) is 5.69 Å². The van der Waals surface area contributed by atoms with E-state index in [0.29, 0.717) is 0 Å². The summed E-state index contributed by atoms with van der Waals surface area (Å²) in [6.07, 6.45) is 6.47. The van der Waals surface area contributed by atoms with Gasteiger partial charge < -0.3 is 5.32 Å². The molecule has 2 rings (SSSR count). The van der Waals surface area contributed by atoms with E-state index in [0.717, 1.165) is 0 Å². The molecule has 0 unspecified atom stereocenters. The van der Waals surface area contributed by atoms with Gasteiger partial charge in [-0.1, -0.05) is 63.5 Å². The average Bonchev–Trinajstić information content (AvgIpc) is 2.40. The van der Waals surface area contributed by atoms with Crippen LogP contribution in [0, 0.1) is 5.41 Å². The predicted molar refractivity (Wildman–Crippen MR) is 84.5 cm³/mol. The summed E-state index contributed by atoms with van der Waals surface area (Å²) in [6, 6.07) is 10.6. The van der Waals surface area contributed by atoms with Gasteiger partial charge >= 0.3 is 0 Å². The zero-order valence-electron chi connectivity index (χ0n) is 12.6. The highest BCUT2D eigenvalue weighted by atomic mass is 15.0. The SMILES string of the molecule is C=C(C)C(C)(C)C1(Nc2ccccc2)CCCCC1. The van der Waals surface area contributed by atoms with Crippen LogP contribution < -0.4 is 5.32 Å². The van der Waals surface area contributed by atoms with Gasteiger partial charge in [-0.05, 0) is 31.9 Å². The fraction of sp³-hybridized carbons (Fsp3) is 0.556. The fourth-order valence-electron chi connectivity index (χ4n) is 3.27. The van der Waals surface area contributed by atoms with Gasteiger partial charge in [0.25, 0.3) is 0 Å². The molecule has 0 spiro atoms. The van der Waals surface area contributed by atoms with Crippen LogP contribution >= 0.6 is 0 Å². The third-order valence-electron chi connectivity index (χ3n) is 5.13. The van der Waals surface area contributed by atoms with Crippen molar-refractivity contribution in [2.75, 3.05) is 5.32 Å². The Labute approximate surface area is 118 Å². The Morgan fingerprint density at radius 2 is 1.68 bits per heavy atom. The van der Waals surface area contributed by atoms with Crippen LogP contribution in [-0.4, -0.2) is 5.54 Å². The zero-order valence-corrected chi connectivity index (χ0v) is 12.6. The Kier molecular flexibility index (Phi) is 4.03. The summed E-state index contributed by atoms with van der Waals surface area (Å²) in [5.74, 6) is 0. The zero-order chi connectivity index (χ0) is 13.9. The standard InChI is InChI=1S/C18H27N/c1-15(2)17(3,4)18(13-9-6-10-14-18)19-16-11-7-5-8-12-16/h5,7-8,11-12,19H,1,6,9-10,13-14H2,2-4H3. The second kappa shape index (κ2) is 5.40. The third-order valence-corrected chi connectivity index (χ3v) is 5.13. The summed E-state index contributed by atoms with van der Waals surface area (Å²) in [5.41, 5.74) is 2.78. The summed E-state index contributed by atoms with van der Waals surface area (Å²) in [4.78, 5) is 0.